The van der Waals surface area contributed by atoms with Crippen LogP contribution in [0.4, 0.5) is 10.5 Å². The van der Waals surface area contributed by atoms with Crippen molar-refractivity contribution in [2.45, 2.75) is 58.5 Å². The molecule has 1 aromatic rings. The lowest BCUT2D eigenvalue weighted by Crippen LogP contribution is -2.41. The molecule has 0 radical (unpaired) electrons. The van der Waals surface area contributed by atoms with Crippen molar-refractivity contribution in [2.75, 3.05) is 11.9 Å². The topological polar surface area (TPSA) is 50.2 Å². The zero-order valence-corrected chi connectivity index (χ0v) is 13.1. The van der Waals surface area contributed by atoms with Crippen molar-refractivity contribution in [1.82, 2.24) is 14.7 Å². The van der Waals surface area contributed by atoms with Gasteiger partial charge in [0, 0.05) is 25.3 Å². The monoisotopic (exact) mass is 290 g/mol. The summed E-state index contributed by atoms with van der Waals surface area (Å²) in [7, 11) is 0. The Kier molecular flexibility index (Phi) is 4.17. The molecule has 0 spiro atoms. The van der Waals surface area contributed by atoms with Crippen molar-refractivity contribution in [3.8, 4) is 0 Å². The number of carbonyl (C=O) groups is 1. The van der Waals surface area contributed by atoms with Crippen LogP contribution in [0.5, 0.6) is 0 Å². The summed E-state index contributed by atoms with van der Waals surface area (Å²) in [5.74, 6) is 1.28. The SMILES string of the molecule is CC(C)Cn1cc(NC(=O)N2CCC3CCCCC32)cn1. The maximum absolute atomic E-state index is 12.5. The summed E-state index contributed by atoms with van der Waals surface area (Å²) in [6, 6.07) is 0.512. The highest BCUT2D eigenvalue weighted by molar-refractivity contribution is 5.89. The molecule has 2 aliphatic rings. The summed E-state index contributed by atoms with van der Waals surface area (Å²) in [6.45, 7) is 6.10. The second-order valence-electron chi connectivity index (χ2n) is 6.87. The molecule has 0 aromatic carbocycles. The molecule has 2 heterocycles. The van der Waals surface area contributed by atoms with E-state index < -0.39 is 0 Å². The van der Waals surface area contributed by atoms with E-state index >= 15 is 0 Å². The van der Waals surface area contributed by atoms with Crippen LogP contribution < -0.4 is 5.32 Å². The fourth-order valence-corrected chi connectivity index (χ4v) is 3.76. The number of carbonyl (C=O) groups excluding carboxylic acids is 1. The summed E-state index contributed by atoms with van der Waals surface area (Å²) in [6.07, 6.45) is 9.90. The second kappa shape index (κ2) is 6.08. The van der Waals surface area contributed by atoms with Gasteiger partial charge in [0.2, 0.25) is 0 Å². The van der Waals surface area contributed by atoms with Crippen LogP contribution in [-0.2, 0) is 6.54 Å². The normalized spacial score (nSPS) is 25.2. The van der Waals surface area contributed by atoms with Gasteiger partial charge < -0.3 is 10.2 Å². The predicted octanol–water partition coefficient (Wildman–Crippen LogP) is 3.34. The maximum Gasteiger partial charge on any atom is 0.322 e. The minimum Gasteiger partial charge on any atom is -0.321 e. The van der Waals surface area contributed by atoms with Gasteiger partial charge in [-0.1, -0.05) is 26.7 Å². The first-order valence-electron chi connectivity index (χ1n) is 8.23. The Morgan fingerprint density at radius 3 is 3.00 bits per heavy atom. The highest BCUT2D eigenvalue weighted by Crippen LogP contribution is 2.36. The van der Waals surface area contributed by atoms with E-state index in [0.29, 0.717) is 12.0 Å². The molecule has 21 heavy (non-hydrogen) atoms. The van der Waals surface area contributed by atoms with Crippen molar-refractivity contribution < 1.29 is 4.79 Å². The number of fused-ring (bicyclic) bond motifs is 1. The molecule has 5 heteroatoms. The molecular weight excluding hydrogens is 264 g/mol. The van der Waals surface area contributed by atoms with Crippen LogP contribution in [0.2, 0.25) is 0 Å². The minimum absolute atomic E-state index is 0.0495. The molecule has 1 N–H and O–H groups in total. The largest absolute Gasteiger partial charge is 0.322 e. The highest BCUT2D eigenvalue weighted by Gasteiger charge is 2.38. The standard InChI is InChI=1S/C16H26N4O/c1-12(2)10-19-11-14(9-17-19)18-16(21)20-8-7-13-5-3-4-6-15(13)20/h9,11-13,15H,3-8,10H2,1-2H3,(H,18,21). The number of aromatic nitrogens is 2. The zero-order chi connectivity index (χ0) is 14.8. The van der Waals surface area contributed by atoms with Gasteiger partial charge in [0.25, 0.3) is 0 Å². The van der Waals surface area contributed by atoms with Crippen LogP contribution in [0, 0.1) is 11.8 Å². The van der Waals surface area contributed by atoms with Crippen LogP contribution in [0.25, 0.3) is 0 Å². The molecule has 1 aromatic heterocycles. The zero-order valence-electron chi connectivity index (χ0n) is 13.1. The molecule has 1 aliphatic carbocycles. The van der Waals surface area contributed by atoms with Crippen molar-refractivity contribution in [1.29, 1.82) is 0 Å². The first-order valence-corrected chi connectivity index (χ1v) is 8.23. The van der Waals surface area contributed by atoms with E-state index in [1.54, 1.807) is 6.20 Å². The van der Waals surface area contributed by atoms with Crippen molar-refractivity contribution in [3.05, 3.63) is 12.4 Å². The third-order valence-electron chi connectivity index (χ3n) is 4.71. The molecule has 2 atom stereocenters. The Labute approximate surface area is 126 Å². The van der Waals surface area contributed by atoms with Gasteiger partial charge in [0.1, 0.15) is 0 Å². The van der Waals surface area contributed by atoms with Crippen molar-refractivity contribution in [3.63, 3.8) is 0 Å². The van der Waals surface area contributed by atoms with Gasteiger partial charge >= 0.3 is 6.03 Å². The number of amides is 2. The molecule has 2 unspecified atom stereocenters. The number of anilines is 1. The Morgan fingerprint density at radius 1 is 1.38 bits per heavy atom. The van der Waals surface area contributed by atoms with Crippen LogP contribution in [0.3, 0.4) is 0 Å². The molecular formula is C16H26N4O. The first-order chi connectivity index (χ1) is 10.1. The summed E-state index contributed by atoms with van der Waals surface area (Å²) in [4.78, 5) is 14.5. The number of nitrogens with one attached hydrogen (secondary N) is 1. The summed E-state index contributed by atoms with van der Waals surface area (Å²) < 4.78 is 1.90. The summed E-state index contributed by atoms with van der Waals surface area (Å²) in [5, 5.41) is 7.32. The first kappa shape index (κ1) is 14.4. The average molecular weight is 290 g/mol. The van der Waals surface area contributed by atoms with E-state index in [4.69, 9.17) is 0 Å². The molecule has 2 fully saturated rings. The Bertz CT molecular complexity index is 496. The van der Waals surface area contributed by atoms with Crippen LogP contribution in [-0.4, -0.2) is 33.3 Å². The van der Waals surface area contributed by atoms with Gasteiger partial charge in [-0.3, -0.25) is 4.68 Å². The number of hydrogen-bond acceptors (Lipinski definition) is 2. The smallest absolute Gasteiger partial charge is 0.321 e. The molecule has 116 valence electrons. The van der Waals surface area contributed by atoms with Gasteiger partial charge in [-0.2, -0.15) is 5.10 Å². The van der Waals surface area contributed by atoms with Gasteiger partial charge in [-0.25, -0.2) is 4.79 Å². The number of rotatable bonds is 3. The van der Waals surface area contributed by atoms with E-state index in [1.165, 1.54) is 32.1 Å². The third-order valence-corrected chi connectivity index (χ3v) is 4.71. The van der Waals surface area contributed by atoms with E-state index in [2.05, 4.69) is 24.3 Å². The van der Waals surface area contributed by atoms with Crippen LogP contribution in [0.1, 0.15) is 46.0 Å². The van der Waals surface area contributed by atoms with Gasteiger partial charge in [0.15, 0.2) is 0 Å². The minimum atomic E-state index is 0.0495. The van der Waals surface area contributed by atoms with Crippen LogP contribution in [0.15, 0.2) is 12.4 Å². The van der Waals surface area contributed by atoms with E-state index in [-0.39, 0.29) is 6.03 Å². The molecule has 1 aliphatic heterocycles. The predicted molar refractivity (Wildman–Crippen MR) is 83.2 cm³/mol. The van der Waals surface area contributed by atoms with Gasteiger partial charge in [-0.05, 0) is 31.1 Å². The van der Waals surface area contributed by atoms with E-state index in [9.17, 15) is 4.79 Å². The number of likely N-dealkylation sites (tertiary alicyclic amines) is 1. The Hall–Kier alpha value is -1.52. The third kappa shape index (κ3) is 3.22. The van der Waals surface area contributed by atoms with Gasteiger partial charge in [0.05, 0.1) is 11.9 Å². The van der Waals surface area contributed by atoms with Crippen LogP contribution >= 0.6 is 0 Å². The molecule has 5 nitrogen and oxygen atoms in total. The molecule has 1 saturated heterocycles. The van der Waals surface area contributed by atoms with Crippen molar-refractivity contribution >= 4 is 11.7 Å². The van der Waals surface area contributed by atoms with E-state index in [1.807, 2.05) is 15.8 Å². The summed E-state index contributed by atoms with van der Waals surface area (Å²) >= 11 is 0. The molecule has 2 amide bonds. The van der Waals surface area contributed by atoms with Gasteiger partial charge in [-0.15, -0.1) is 0 Å². The fourth-order valence-electron chi connectivity index (χ4n) is 3.76. The fraction of sp³-hybridized carbons (Fsp3) is 0.750. The number of nitrogens with zero attached hydrogens (tertiary/aromatic N) is 3. The molecule has 0 bridgehead atoms. The maximum atomic E-state index is 12.5. The average Bonchev–Trinajstić information content (AvgIpc) is 3.04. The van der Waals surface area contributed by atoms with E-state index in [0.717, 1.165) is 24.7 Å². The Balaban J connectivity index is 1.59. The summed E-state index contributed by atoms with van der Waals surface area (Å²) in [5.41, 5.74) is 0.805. The molecule has 3 rings (SSSR count). The number of hydrogen-bond donors (Lipinski definition) is 1. The van der Waals surface area contributed by atoms with Crippen molar-refractivity contribution in [2.24, 2.45) is 11.8 Å². The lowest BCUT2D eigenvalue weighted by molar-refractivity contribution is 0.182. The highest BCUT2D eigenvalue weighted by atomic mass is 16.2. The lowest BCUT2D eigenvalue weighted by atomic mass is 9.85. The quantitative estimate of drug-likeness (QED) is 0.928. The number of urea groups is 1. The second-order valence-corrected chi connectivity index (χ2v) is 6.87. The Morgan fingerprint density at radius 2 is 2.19 bits per heavy atom. The molecule has 1 saturated carbocycles. The lowest BCUT2D eigenvalue weighted by Gasteiger charge is -2.31.